The van der Waals surface area contributed by atoms with Crippen molar-refractivity contribution in [2.45, 2.75) is 30.8 Å². The minimum Gasteiger partial charge on any atom is -0.331 e. The predicted octanol–water partition coefficient (Wildman–Crippen LogP) is 1.42. The van der Waals surface area contributed by atoms with Crippen LogP contribution in [0.3, 0.4) is 0 Å². The first-order chi connectivity index (χ1) is 8.75. The van der Waals surface area contributed by atoms with Gasteiger partial charge in [0.25, 0.3) is 0 Å². The normalized spacial score (nSPS) is 48.4. The van der Waals surface area contributed by atoms with Crippen molar-refractivity contribution >= 4 is 5.91 Å². The predicted molar refractivity (Wildman–Crippen MR) is 70.0 cm³/mol. The van der Waals surface area contributed by atoms with Crippen LogP contribution in [0, 0.1) is 11.8 Å². The maximum Gasteiger partial charge on any atom is 0.227 e. The highest BCUT2D eigenvalue weighted by Crippen LogP contribution is 2.53. The summed E-state index contributed by atoms with van der Waals surface area (Å²) < 4.78 is 0. The molecule has 3 saturated heterocycles. The maximum atomic E-state index is 12.3. The van der Waals surface area contributed by atoms with Gasteiger partial charge in [0, 0.05) is 38.0 Å². The second-order valence-electron chi connectivity index (χ2n) is 6.29. The van der Waals surface area contributed by atoms with E-state index in [0.717, 1.165) is 13.0 Å². The van der Waals surface area contributed by atoms with Crippen molar-refractivity contribution in [3.63, 3.8) is 0 Å². The molecule has 0 aromatic heterocycles. The lowest BCUT2D eigenvalue weighted by molar-refractivity contribution is -0.141. The van der Waals surface area contributed by atoms with Crippen LogP contribution in [0.5, 0.6) is 0 Å². The minimum absolute atomic E-state index is 0.00345. The van der Waals surface area contributed by atoms with Crippen LogP contribution in [0.25, 0.3) is 0 Å². The smallest absolute Gasteiger partial charge is 0.227 e. The molecule has 96 valence electrons. The molecule has 4 rings (SSSR count). The van der Waals surface area contributed by atoms with Crippen molar-refractivity contribution in [3.8, 4) is 0 Å². The second-order valence-corrected chi connectivity index (χ2v) is 6.29. The molecule has 4 heterocycles. The number of hydrogen-bond acceptors (Lipinski definition) is 2. The molecule has 1 spiro atoms. The highest BCUT2D eigenvalue weighted by Gasteiger charge is 2.62. The largest absolute Gasteiger partial charge is 0.331 e. The molecular formula is C15H20N2O. The van der Waals surface area contributed by atoms with Gasteiger partial charge >= 0.3 is 0 Å². The monoisotopic (exact) mass is 244 g/mol. The number of hydrogen-bond donors (Lipinski definition) is 0. The average Bonchev–Trinajstić information content (AvgIpc) is 2.50. The van der Waals surface area contributed by atoms with Crippen molar-refractivity contribution in [1.82, 2.24) is 9.80 Å². The van der Waals surface area contributed by atoms with Gasteiger partial charge in [0.2, 0.25) is 5.91 Å². The number of amides is 1. The summed E-state index contributed by atoms with van der Waals surface area (Å²) in [4.78, 5) is 17.1. The summed E-state index contributed by atoms with van der Waals surface area (Å²) in [6.07, 6.45) is 9.39. The molecule has 0 aliphatic carbocycles. The molecule has 4 aliphatic heterocycles. The molecule has 0 aromatic rings. The van der Waals surface area contributed by atoms with Crippen molar-refractivity contribution in [2.75, 3.05) is 19.6 Å². The fraction of sp³-hybridized carbons (Fsp3) is 0.667. The van der Waals surface area contributed by atoms with Crippen LogP contribution in [0.2, 0.25) is 0 Å². The minimum atomic E-state index is -0.00345. The Bertz CT molecular complexity index is 444. The third-order valence-corrected chi connectivity index (χ3v) is 5.47. The maximum absolute atomic E-state index is 12.3. The van der Waals surface area contributed by atoms with Gasteiger partial charge in [-0.1, -0.05) is 18.2 Å². The molecule has 3 fully saturated rings. The third-order valence-electron chi connectivity index (χ3n) is 5.47. The quantitative estimate of drug-likeness (QED) is 0.686. The van der Waals surface area contributed by atoms with Crippen LogP contribution >= 0.6 is 0 Å². The molecular weight excluding hydrogens is 224 g/mol. The lowest BCUT2D eigenvalue weighted by Gasteiger charge is -2.52. The summed E-state index contributed by atoms with van der Waals surface area (Å²) in [6.45, 7) is 7.24. The van der Waals surface area contributed by atoms with Crippen molar-refractivity contribution < 1.29 is 4.79 Å². The van der Waals surface area contributed by atoms with Gasteiger partial charge < -0.3 is 4.90 Å². The van der Waals surface area contributed by atoms with E-state index in [-0.39, 0.29) is 5.54 Å². The lowest BCUT2D eigenvalue weighted by atomic mass is 9.70. The Kier molecular flexibility index (Phi) is 2.08. The molecule has 0 N–H and O–H groups in total. The van der Waals surface area contributed by atoms with Crippen LogP contribution in [-0.4, -0.2) is 46.9 Å². The number of rotatable bonds is 2. The molecule has 3 bridgehead atoms. The molecule has 0 saturated carbocycles. The van der Waals surface area contributed by atoms with Gasteiger partial charge in [-0.05, 0) is 18.8 Å². The lowest BCUT2D eigenvalue weighted by Crippen LogP contribution is -2.63. The standard InChI is InChI=1S/C15H20N2O/c1-2-4-13-15-6-3-5-14(18)17(15)9-11-7-12(15)10-16(13)8-11/h2-3,6,11-13H,1,4-5,7-10H2/t11-,12+,13+,15-/m0/s1. The van der Waals surface area contributed by atoms with E-state index in [0.29, 0.717) is 30.2 Å². The molecule has 3 heteroatoms. The Hall–Kier alpha value is -1.09. The second kappa shape index (κ2) is 3.47. The zero-order valence-electron chi connectivity index (χ0n) is 10.7. The fourth-order valence-corrected chi connectivity index (χ4v) is 4.95. The van der Waals surface area contributed by atoms with Gasteiger partial charge in [-0.2, -0.15) is 0 Å². The zero-order chi connectivity index (χ0) is 12.3. The van der Waals surface area contributed by atoms with E-state index in [1.165, 1.54) is 19.5 Å². The van der Waals surface area contributed by atoms with Gasteiger partial charge in [0.15, 0.2) is 0 Å². The summed E-state index contributed by atoms with van der Waals surface area (Å²) in [6, 6.07) is 0.466. The number of carbonyl (C=O) groups excluding carboxylic acids is 1. The number of nitrogens with zero attached hydrogens (tertiary/aromatic N) is 2. The zero-order valence-corrected chi connectivity index (χ0v) is 10.7. The van der Waals surface area contributed by atoms with E-state index in [4.69, 9.17) is 0 Å². The first-order valence-corrected chi connectivity index (χ1v) is 7.09. The van der Waals surface area contributed by atoms with Crippen LogP contribution in [0.15, 0.2) is 24.8 Å². The van der Waals surface area contributed by atoms with Gasteiger partial charge in [-0.15, -0.1) is 6.58 Å². The van der Waals surface area contributed by atoms with Gasteiger partial charge in [0.1, 0.15) is 0 Å². The SMILES string of the molecule is C=CC[C@H]1N2C[C@@H]3C[C@H](C2)[C@@]12C=CCC(=O)N2C3. The van der Waals surface area contributed by atoms with E-state index >= 15 is 0 Å². The Morgan fingerprint density at radius 2 is 2.33 bits per heavy atom. The summed E-state index contributed by atoms with van der Waals surface area (Å²) in [7, 11) is 0. The van der Waals surface area contributed by atoms with Crippen LogP contribution < -0.4 is 0 Å². The van der Waals surface area contributed by atoms with E-state index < -0.39 is 0 Å². The van der Waals surface area contributed by atoms with Crippen molar-refractivity contribution in [2.24, 2.45) is 11.8 Å². The van der Waals surface area contributed by atoms with E-state index in [9.17, 15) is 4.79 Å². The van der Waals surface area contributed by atoms with Crippen molar-refractivity contribution in [1.29, 1.82) is 0 Å². The van der Waals surface area contributed by atoms with Crippen LogP contribution in [0.1, 0.15) is 19.3 Å². The Morgan fingerprint density at radius 1 is 1.44 bits per heavy atom. The first kappa shape index (κ1) is 10.8. The molecule has 4 aliphatic rings. The topological polar surface area (TPSA) is 23.6 Å². The first-order valence-electron chi connectivity index (χ1n) is 7.09. The molecule has 1 unspecified atom stereocenters. The molecule has 0 radical (unpaired) electrons. The van der Waals surface area contributed by atoms with E-state index in [2.05, 4.69) is 28.5 Å². The molecule has 5 atom stereocenters. The Labute approximate surface area is 108 Å². The average molecular weight is 244 g/mol. The number of piperidine rings is 2. The Morgan fingerprint density at radius 3 is 3.17 bits per heavy atom. The number of carbonyl (C=O) groups is 1. The highest BCUT2D eigenvalue weighted by atomic mass is 16.2. The molecule has 1 amide bonds. The summed E-state index contributed by atoms with van der Waals surface area (Å²) in [5.41, 5.74) is -0.00345. The van der Waals surface area contributed by atoms with E-state index in [1.807, 2.05) is 6.08 Å². The van der Waals surface area contributed by atoms with Crippen LogP contribution in [0.4, 0.5) is 0 Å². The Balaban J connectivity index is 1.87. The summed E-state index contributed by atoms with van der Waals surface area (Å²) in [5.74, 6) is 1.68. The molecule has 3 nitrogen and oxygen atoms in total. The molecule has 18 heavy (non-hydrogen) atoms. The summed E-state index contributed by atoms with van der Waals surface area (Å²) >= 11 is 0. The van der Waals surface area contributed by atoms with Gasteiger partial charge in [-0.3, -0.25) is 9.69 Å². The summed E-state index contributed by atoms with van der Waals surface area (Å²) in [5, 5.41) is 0. The molecule has 0 aromatic carbocycles. The van der Waals surface area contributed by atoms with Gasteiger partial charge in [-0.25, -0.2) is 0 Å². The number of fused-ring (bicyclic) bond motifs is 2. The van der Waals surface area contributed by atoms with Crippen LogP contribution in [-0.2, 0) is 4.79 Å². The van der Waals surface area contributed by atoms with Gasteiger partial charge in [0.05, 0.1) is 5.54 Å². The van der Waals surface area contributed by atoms with Crippen molar-refractivity contribution in [3.05, 3.63) is 24.8 Å². The fourth-order valence-electron chi connectivity index (χ4n) is 4.95. The highest BCUT2D eigenvalue weighted by molar-refractivity contribution is 5.81. The van der Waals surface area contributed by atoms with E-state index in [1.54, 1.807) is 0 Å². The third kappa shape index (κ3) is 1.11.